The Morgan fingerprint density at radius 2 is 1.71 bits per heavy atom. The number of hydrogen-bond donors (Lipinski definition) is 3. The largest absolute Gasteiger partial charge is 0.480 e. The molecule has 34 heavy (non-hydrogen) atoms. The van der Waals surface area contributed by atoms with Gasteiger partial charge in [0, 0.05) is 17.9 Å². The molecule has 2 aromatic carbocycles. The molecular formula is C27H30N2O5. The normalized spacial score (nSPS) is 19.5. The number of amides is 2. The molecule has 2 amide bonds. The Hall–Kier alpha value is -3.61. The first-order valence-corrected chi connectivity index (χ1v) is 11.7. The van der Waals surface area contributed by atoms with Gasteiger partial charge in [-0.2, -0.15) is 0 Å². The lowest BCUT2D eigenvalue weighted by Crippen LogP contribution is -2.43. The molecule has 0 bridgehead atoms. The molecule has 4 rings (SSSR count). The third kappa shape index (κ3) is 5.14. The number of carboxylic acids is 1. The van der Waals surface area contributed by atoms with Crippen LogP contribution in [0.15, 0.2) is 61.2 Å². The molecule has 2 aromatic rings. The number of benzene rings is 2. The third-order valence-electron chi connectivity index (χ3n) is 6.74. The summed E-state index contributed by atoms with van der Waals surface area (Å²) in [5.41, 5.74) is 4.64. The van der Waals surface area contributed by atoms with Crippen LogP contribution in [0, 0.1) is 5.92 Å². The smallest absolute Gasteiger partial charge is 0.407 e. The molecule has 1 saturated carbocycles. The van der Waals surface area contributed by atoms with Gasteiger partial charge in [-0.05, 0) is 54.4 Å². The van der Waals surface area contributed by atoms with Gasteiger partial charge in [0.2, 0.25) is 5.91 Å². The molecule has 3 atom stereocenters. The molecule has 0 aliphatic heterocycles. The maximum Gasteiger partial charge on any atom is 0.407 e. The van der Waals surface area contributed by atoms with E-state index in [-0.39, 0.29) is 30.4 Å². The minimum atomic E-state index is -1.05. The standard InChI is InChI=1S/C27H30N2O5/c1-2-3-12-24(26(31)32)29-25(30)17-13-14-18(15-17)28-27(33)34-16-23-21-10-6-4-8-19(21)20-9-5-7-11-22(20)23/h2,4-11,17-18,23-24H,1,3,12-16H2,(H,28,33)(H,29,30)(H,31,32). The molecule has 0 radical (unpaired) electrons. The minimum Gasteiger partial charge on any atom is -0.480 e. The maximum absolute atomic E-state index is 12.5. The molecule has 7 heteroatoms. The van der Waals surface area contributed by atoms with E-state index in [1.165, 1.54) is 11.1 Å². The first-order chi connectivity index (χ1) is 16.5. The van der Waals surface area contributed by atoms with Crippen LogP contribution in [0.1, 0.15) is 49.1 Å². The second-order valence-corrected chi connectivity index (χ2v) is 8.94. The molecule has 2 aliphatic carbocycles. The Balaban J connectivity index is 1.28. The number of carbonyl (C=O) groups is 3. The molecule has 178 valence electrons. The number of ether oxygens (including phenoxy) is 1. The summed E-state index contributed by atoms with van der Waals surface area (Å²) < 4.78 is 5.60. The summed E-state index contributed by atoms with van der Waals surface area (Å²) in [7, 11) is 0. The lowest BCUT2D eigenvalue weighted by molar-refractivity contribution is -0.142. The topological polar surface area (TPSA) is 105 Å². The zero-order chi connectivity index (χ0) is 24.1. The van der Waals surface area contributed by atoms with Gasteiger partial charge in [-0.25, -0.2) is 9.59 Å². The fraction of sp³-hybridized carbons (Fsp3) is 0.370. The summed E-state index contributed by atoms with van der Waals surface area (Å²) in [5.74, 6) is -1.68. The summed E-state index contributed by atoms with van der Waals surface area (Å²) in [6.07, 6.45) is 3.64. The van der Waals surface area contributed by atoms with Crippen molar-refractivity contribution < 1.29 is 24.2 Å². The fourth-order valence-electron chi connectivity index (χ4n) is 4.99. The number of carboxylic acid groups (broad SMARTS) is 1. The van der Waals surface area contributed by atoms with Gasteiger partial charge in [-0.15, -0.1) is 6.58 Å². The van der Waals surface area contributed by atoms with Crippen molar-refractivity contribution in [2.45, 2.75) is 50.1 Å². The van der Waals surface area contributed by atoms with E-state index in [1.54, 1.807) is 6.08 Å². The second-order valence-electron chi connectivity index (χ2n) is 8.94. The van der Waals surface area contributed by atoms with Crippen molar-refractivity contribution >= 4 is 18.0 Å². The summed E-state index contributed by atoms with van der Waals surface area (Å²) in [6.45, 7) is 3.83. The highest BCUT2D eigenvalue weighted by atomic mass is 16.5. The van der Waals surface area contributed by atoms with Gasteiger partial charge in [0.05, 0.1) is 0 Å². The van der Waals surface area contributed by atoms with Crippen LogP contribution in [-0.2, 0) is 14.3 Å². The Labute approximate surface area is 199 Å². The van der Waals surface area contributed by atoms with Crippen molar-refractivity contribution in [2.24, 2.45) is 5.92 Å². The van der Waals surface area contributed by atoms with Crippen LogP contribution in [0.4, 0.5) is 4.79 Å². The monoisotopic (exact) mass is 462 g/mol. The number of aliphatic carboxylic acids is 1. The van der Waals surface area contributed by atoms with Crippen molar-refractivity contribution in [2.75, 3.05) is 6.61 Å². The SMILES string of the molecule is C=CCCC(NC(=O)C1CCC(NC(=O)OCC2c3ccccc3-c3ccccc32)C1)C(=O)O. The van der Waals surface area contributed by atoms with Crippen LogP contribution < -0.4 is 10.6 Å². The number of hydrogen-bond acceptors (Lipinski definition) is 4. The van der Waals surface area contributed by atoms with Crippen molar-refractivity contribution in [3.8, 4) is 11.1 Å². The van der Waals surface area contributed by atoms with Crippen molar-refractivity contribution in [3.63, 3.8) is 0 Å². The van der Waals surface area contributed by atoms with E-state index in [4.69, 9.17) is 4.74 Å². The quantitative estimate of drug-likeness (QED) is 0.484. The average molecular weight is 463 g/mol. The van der Waals surface area contributed by atoms with Gasteiger partial charge in [-0.3, -0.25) is 4.79 Å². The van der Waals surface area contributed by atoms with E-state index in [0.29, 0.717) is 32.1 Å². The number of allylic oxidation sites excluding steroid dienone is 1. The number of nitrogens with one attached hydrogen (secondary N) is 2. The molecule has 1 fully saturated rings. The summed E-state index contributed by atoms with van der Waals surface area (Å²) in [6, 6.07) is 15.2. The predicted molar refractivity (Wildman–Crippen MR) is 128 cm³/mol. The van der Waals surface area contributed by atoms with E-state index in [2.05, 4.69) is 41.5 Å². The van der Waals surface area contributed by atoms with E-state index in [1.807, 2.05) is 24.3 Å². The zero-order valence-corrected chi connectivity index (χ0v) is 19.0. The molecule has 3 unspecified atom stereocenters. The second kappa shape index (κ2) is 10.5. The summed E-state index contributed by atoms with van der Waals surface area (Å²) >= 11 is 0. The van der Waals surface area contributed by atoms with Gasteiger partial charge < -0.3 is 20.5 Å². The first-order valence-electron chi connectivity index (χ1n) is 11.7. The molecule has 0 saturated heterocycles. The van der Waals surface area contributed by atoms with Crippen molar-refractivity contribution in [1.29, 1.82) is 0 Å². The fourth-order valence-corrected chi connectivity index (χ4v) is 4.99. The molecule has 7 nitrogen and oxygen atoms in total. The first kappa shape index (κ1) is 23.5. The highest BCUT2D eigenvalue weighted by Gasteiger charge is 2.34. The maximum atomic E-state index is 12.5. The Morgan fingerprint density at radius 3 is 2.32 bits per heavy atom. The highest BCUT2D eigenvalue weighted by molar-refractivity contribution is 5.85. The highest BCUT2D eigenvalue weighted by Crippen LogP contribution is 2.44. The van der Waals surface area contributed by atoms with E-state index >= 15 is 0 Å². The van der Waals surface area contributed by atoms with Gasteiger partial charge >= 0.3 is 12.1 Å². The molecule has 0 heterocycles. The van der Waals surface area contributed by atoms with Gasteiger partial charge in [0.25, 0.3) is 0 Å². The molecule has 3 N–H and O–H groups in total. The van der Waals surface area contributed by atoms with Crippen molar-refractivity contribution in [1.82, 2.24) is 10.6 Å². The van der Waals surface area contributed by atoms with Crippen LogP contribution in [0.5, 0.6) is 0 Å². The number of carbonyl (C=O) groups excluding carboxylic acids is 2. The van der Waals surface area contributed by atoms with Gasteiger partial charge in [-0.1, -0.05) is 54.6 Å². The Kier molecular flexibility index (Phi) is 7.30. The van der Waals surface area contributed by atoms with Gasteiger partial charge in [0.15, 0.2) is 0 Å². The number of alkyl carbamates (subject to hydrolysis) is 1. The third-order valence-corrected chi connectivity index (χ3v) is 6.74. The van der Waals surface area contributed by atoms with Crippen molar-refractivity contribution in [3.05, 3.63) is 72.3 Å². The molecule has 2 aliphatic rings. The van der Waals surface area contributed by atoms with Crippen LogP contribution in [-0.4, -0.2) is 41.8 Å². The molecular weight excluding hydrogens is 432 g/mol. The molecule has 0 aromatic heterocycles. The predicted octanol–water partition coefficient (Wildman–Crippen LogP) is 4.23. The van der Waals surface area contributed by atoms with E-state index < -0.39 is 18.1 Å². The molecule has 0 spiro atoms. The van der Waals surface area contributed by atoms with E-state index in [9.17, 15) is 19.5 Å². The Bertz CT molecular complexity index is 1040. The summed E-state index contributed by atoms with van der Waals surface area (Å²) in [4.78, 5) is 36.4. The van der Waals surface area contributed by atoms with Crippen LogP contribution in [0.25, 0.3) is 11.1 Å². The number of rotatable bonds is 9. The van der Waals surface area contributed by atoms with Crippen LogP contribution in [0.2, 0.25) is 0 Å². The minimum absolute atomic E-state index is 0.0104. The number of fused-ring (bicyclic) bond motifs is 3. The van der Waals surface area contributed by atoms with E-state index in [0.717, 1.165) is 11.1 Å². The Morgan fingerprint density at radius 1 is 1.06 bits per heavy atom. The van der Waals surface area contributed by atoms with Gasteiger partial charge in [0.1, 0.15) is 12.6 Å². The van der Waals surface area contributed by atoms with Crippen LogP contribution >= 0.6 is 0 Å². The summed E-state index contributed by atoms with van der Waals surface area (Å²) in [5, 5.41) is 14.8. The van der Waals surface area contributed by atoms with Crippen LogP contribution in [0.3, 0.4) is 0 Å². The average Bonchev–Trinajstić information content (AvgIpc) is 3.43. The zero-order valence-electron chi connectivity index (χ0n) is 19.0. The lowest BCUT2D eigenvalue weighted by atomic mass is 9.98. The lowest BCUT2D eigenvalue weighted by Gasteiger charge is -2.18.